The summed E-state index contributed by atoms with van der Waals surface area (Å²) in [6.45, 7) is 3.70. The molecule has 16 heavy (non-hydrogen) atoms. The van der Waals surface area contributed by atoms with E-state index in [0.29, 0.717) is 6.42 Å². The van der Waals surface area contributed by atoms with Crippen molar-refractivity contribution < 1.29 is 17.9 Å². The van der Waals surface area contributed by atoms with Crippen molar-refractivity contribution in [3.05, 3.63) is 0 Å². The molecule has 1 amide bonds. The van der Waals surface area contributed by atoms with Gasteiger partial charge in [0.25, 0.3) is 0 Å². The maximum atomic E-state index is 11.5. The molecule has 8 heteroatoms. The van der Waals surface area contributed by atoms with Gasteiger partial charge in [-0.15, -0.1) is 11.6 Å². The van der Waals surface area contributed by atoms with Crippen LogP contribution in [0.15, 0.2) is 0 Å². The van der Waals surface area contributed by atoms with Crippen molar-refractivity contribution in [3.8, 4) is 0 Å². The van der Waals surface area contributed by atoms with Gasteiger partial charge in [-0.05, 0) is 20.3 Å². The van der Waals surface area contributed by atoms with Gasteiger partial charge in [0.05, 0.1) is 6.61 Å². The van der Waals surface area contributed by atoms with Crippen LogP contribution in [0.5, 0.6) is 0 Å². The number of alkyl halides is 1. The van der Waals surface area contributed by atoms with Crippen LogP contribution in [0.3, 0.4) is 0 Å². The predicted molar refractivity (Wildman–Crippen MR) is 61.6 cm³/mol. The van der Waals surface area contributed by atoms with E-state index >= 15 is 0 Å². The molecule has 0 radical (unpaired) electrons. The summed E-state index contributed by atoms with van der Waals surface area (Å²) in [5, 5.41) is -0.125. The van der Waals surface area contributed by atoms with Gasteiger partial charge in [0.15, 0.2) is 0 Å². The molecular formula is C8H17ClN2O4S. The zero-order valence-corrected chi connectivity index (χ0v) is 11.1. The van der Waals surface area contributed by atoms with Crippen LogP contribution in [0.25, 0.3) is 0 Å². The summed E-state index contributed by atoms with van der Waals surface area (Å²) in [6.07, 6.45) is -0.477. The van der Waals surface area contributed by atoms with Crippen molar-refractivity contribution in [2.75, 3.05) is 20.2 Å². The average molecular weight is 273 g/mol. The number of halogens is 1. The normalized spacial score (nSPS) is 13.6. The molecule has 1 N–H and O–H groups in total. The SMILES string of the molecule is CCOC(=O)NS(=O)(=O)N(C)CCC(C)Cl. The monoisotopic (exact) mass is 272 g/mol. The topological polar surface area (TPSA) is 75.7 Å². The van der Waals surface area contributed by atoms with Crippen LogP contribution in [0.1, 0.15) is 20.3 Å². The zero-order valence-electron chi connectivity index (χ0n) is 9.57. The number of rotatable bonds is 6. The van der Waals surface area contributed by atoms with Gasteiger partial charge in [-0.2, -0.15) is 12.7 Å². The number of nitrogens with zero attached hydrogens (tertiary/aromatic N) is 1. The highest BCUT2D eigenvalue weighted by molar-refractivity contribution is 7.87. The van der Waals surface area contributed by atoms with E-state index in [0.717, 1.165) is 4.31 Å². The first-order valence-electron chi connectivity index (χ1n) is 4.84. The molecule has 1 atom stereocenters. The molecule has 0 saturated carbocycles. The molecule has 6 nitrogen and oxygen atoms in total. The van der Waals surface area contributed by atoms with E-state index in [-0.39, 0.29) is 18.5 Å². The summed E-state index contributed by atoms with van der Waals surface area (Å²) in [5.74, 6) is 0. The third-order valence-corrected chi connectivity index (χ3v) is 3.39. The third kappa shape index (κ3) is 6.14. The summed E-state index contributed by atoms with van der Waals surface area (Å²) >= 11 is 5.69. The Bertz CT molecular complexity index is 318. The lowest BCUT2D eigenvalue weighted by Gasteiger charge is -2.17. The smallest absolute Gasteiger partial charge is 0.421 e. The van der Waals surface area contributed by atoms with Crippen molar-refractivity contribution >= 4 is 27.9 Å². The first-order chi connectivity index (χ1) is 7.29. The fourth-order valence-electron chi connectivity index (χ4n) is 0.824. The van der Waals surface area contributed by atoms with Crippen molar-refractivity contribution in [3.63, 3.8) is 0 Å². The molecule has 0 aromatic heterocycles. The minimum atomic E-state index is -3.83. The Morgan fingerprint density at radius 1 is 1.56 bits per heavy atom. The van der Waals surface area contributed by atoms with Gasteiger partial charge in [0.1, 0.15) is 0 Å². The standard InChI is InChI=1S/C8H17ClN2O4S/c1-4-15-8(12)10-16(13,14)11(3)6-5-7(2)9/h7H,4-6H2,1-3H3,(H,10,12). The second-order valence-corrected chi connectivity index (χ2v) is 5.74. The van der Waals surface area contributed by atoms with Gasteiger partial charge < -0.3 is 4.74 Å². The highest BCUT2D eigenvalue weighted by atomic mass is 35.5. The second-order valence-electron chi connectivity index (χ2n) is 3.22. The van der Waals surface area contributed by atoms with Crippen molar-refractivity contribution in [2.24, 2.45) is 0 Å². The quantitative estimate of drug-likeness (QED) is 0.730. The lowest BCUT2D eigenvalue weighted by atomic mass is 10.3. The first-order valence-corrected chi connectivity index (χ1v) is 6.72. The minimum absolute atomic E-state index is 0.115. The molecule has 0 spiro atoms. The average Bonchev–Trinajstić information content (AvgIpc) is 2.13. The fraction of sp³-hybridized carbons (Fsp3) is 0.875. The maximum Gasteiger partial charge on any atom is 0.421 e. The van der Waals surface area contributed by atoms with Crippen LogP contribution in [0, 0.1) is 0 Å². The molecule has 0 aliphatic carbocycles. The highest BCUT2D eigenvalue weighted by Crippen LogP contribution is 2.03. The summed E-state index contributed by atoms with van der Waals surface area (Å²) < 4.78 is 30.3. The Morgan fingerprint density at radius 2 is 2.12 bits per heavy atom. The van der Waals surface area contributed by atoms with Crippen molar-refractivity contribution in [2.45, 2.75) is 25.6 Å². The lowest BCUT2D eigenvalue weighted by molar-refractivity contribution is 0.158. The number of carbonyl (C=O) groups excluding carboxylic acids is 1. The maximum absolute atomic E-state index is 11.5. The zero-order chi connectivity index (χ0) is 12.8. The molecule has 0 fully saturated rings. The van der Waals surface area contributed by atoms with Crippen LogP contribution in [0.2, 0.25) is 0 Å². The molecule has 0 saturated heterocycles. The van der Waals surface area contributed by atoms with Crippen LogP contribution in [-0.4, -0.2) is 44.4 Å². The van der Waals surface area contributed by atoms with Crippen LogP contribution in [0.4, 0.5) is 4.79 Å². The van der Waals surface area contributed by atoms with E-state index in [2.05, 4.69) is 4.74 Å². The summed E-state index contributed by atoms with van der Waals surface area (Å²) in [5.41, 5.74) is 0. The van der Waals surface area contributed by atoms with Gasteiger partial charge in [0.2, 0.25) is 0 Å². The summed E-state index contributed by atoms with van der Waals surface area (Å²) in [7, 11) is -2.47. The van der Waals surface area contributed by atoms with E-state index in [1.54, 1.807) is 18.6 Å². The van der Waals surface area contributed by atoms with E-state index in [4.69, 9.17) is 11.6 Å². The highest BCUT2D eigenvalue weighted by Gasteiger charge is 2.21. The molecule has 1 unspecified atom stereocenters. The van der Waals surface area contributed by atoms with Crippen LogP contribution >= 0.6 is 11.6 Å². The molecular weight excluding hydrogens is 256 g/mol. The van der Waals surface area contributed by atoms with Gasteiger partial charge in [-0.1, -0.05) is 0 Å². The fourth-order valence-corrected chi connectivity index (χ4v) is 1.69. The summed E-state index contributed by atoms with van der Waals surface area (Å²) in [6, 6.07) is 0. The molecule has 0 rings (SSSR count). The van der Waals surface area contributed by atoms with Crippen molar-refractivity contribution in [1.29, 1.82) is 0 Å². The Hall–Kier alpha value is -0.530. The number of ether oxygens (including phenoxy) is 1. The Labute approximate surface area is 101 Å². The molecule has 0 heterocycles. The minimum Gasteiger partial charge on any atom is -0.449 e. The number of amides is 1. The molecule has 0 aliphatic rings. The number of hydrogen-bond donors (Lipinski definition) is 1. The number of nitrogens with one attached hydrogen (secondary N) is 1. The predicted octanol–water partition coefficient (Wildman–Crippen LogP) is 0.927. The Kier molecular flexibility index (Phi) is 6.70. The van der Waals surface area contributed by atoms with E-state index in [9.17, 15) is 13.2 Å². The number of carbonyl (C=O) groups is 1. The van der Waals surface area contributed by atoms with Gasteiger partial charge in [0, 0.05) is 19.0 Å². The Morgan fingerprint density at radius 3 is 2.56 bits per heavy atom. The van der Waals surface area contributed by atoms with E-state index in [1.165, 1.54) is 7.05 Å². The molecule has 0 aromatic rings. The third-order valence-electron chi connectivity index (χ3n) is 1.74. The first kappa shape index (κ1) is 15.5. The van der Waals surface area contributed by atoms with E-state index in [1.807, 2.05) is 0 Å². The second kappa shape index (κ2) is 6.93. The van der Waals surface area contributed by atoms with Gasteiger partial charge >= 0.3 is 16.3 Å². The summed E-state index contributed by atoms with van der Waals surface area (Å²) in [4.78, 5) is 10.9. The lowest BCUT2D eigenvalue weighted by Crippen LogP contribution is -2.42. The van der Waals surface area contributed by atoms with E-state index < -0.39 is 16.3 Å². The molecule has 0 bridgehead atoms. The largest absolute Gasteiger partial charge is 0.449 e. The Balaban J connectivity index is 4.26. The van der Waals surface area contributed by atoms with Crippen LogP contribution in [-0.2, 0) is 14.9 Å². The van der Waals surface area contributed by atoms with Gasteiger partial charge in [-0.25, -0.2) is 9.52 Å². The number of hydrogen-bond acceptors (Lipinski definition) is 4. The van der Waals surface area contributed by atoms with Crippen LogP contribution < -0.4 is 4.72 Å². The molecule has 0 aliphatic heterocycles. The molecule has 96 valence electrons. The van der Waals surface area contributed by atoms with Gasteiger partial charge in [-0.3, -0.25) is 0 Å². The molecule has 0 aromatic carbocycles. The van der Waals surface area contributed by atoms with Crippen molar-refractivity contribution in [1.82, 2.24) is 9.03 Å².